The number of hydrogen-bond acceptors (Lipinski definition) is 2. The predicted octanol–water partition coefficient (Wildman–Crippen LogP) is 3.60. The van der Waals surface area contributed by atoms with Gasteiger partial charge in [-0.2, -0.15) is 0 Å². The number of rotatable bonds is 9. The second-order valence-corrected chi connectivity index (χ2v) is 3.81. The van der Waals surface area contributed by atoms with Crippen molar-refractivity contribution in [2.24, 2.45) is 0 Å². The summed E-state index contributed by atoms with van der Waals surface area (Å²) in [4.78, 5) is 0. The van der Waals surface area contributed by atoms with Crippen molar-refractivity contribution in [2.45, 2.75) is 32.6 Å². The van der Waals surface area contributed by atoms with Crippen LogP contribution in [0.25, 0.3) is 0 Å². The van der Waals surface area contributed by atoms with E-state index >= 15 is 0 Å². The summed E-state index contributed by atoms with van der Waals surface area (Å²) in [5, 5.41) is 0. The van der Waals surface area contributed by atoms with Crippen molar-refractivity contribution in [2.75, 3.05) is 19.8 Å². The molecule has 0 atom stereocenters. The predicted molar refractivity (Wildman–Crippen MR) is 65.7 cm³/mol. The molecule has 0 saturated heterocycles. The fourth-order valence-corrected chi connectivity index (χ4v) is 1.50. The van der Waals surface area contributed by atoms with Gasteiger partial charge in [0, 0.05) is 19.3 Å². The maximum atomic E-state index is 13.1. The number of hydrogen-bond donors (Lipinski definition) is 0. The summed E-state index contributed by atoms with van der Waals surface area (Å²) in [5.74, 6) is -0.120. The molecule has 1 aromatic carbocycles. The van der Waals surface area contributed by atoms with Crippen molar-refractivity contribution in [3.63, 3.8) is 0 Å². The highest BCUT2D eigenvalue weighted by atomic mass is 19.1. The smallest absolute Gasteiger partial charge is 0.172 e. The number of benzene rings is 1. The van der Waals surface area contributed by atoms with E-state index in [-0.39, 0.29) is 0 Å². The van der Waals surface area contributed by atoms with Gasteiger partial charge in [-0.3, -0.25) is 0 Å². The number of ether oxygens (including phenoxy) is 2. The van der Waals surface area contributed by atoms with Crippen LogP contribution < -0.4 is 4.74 Å². The Bertz CT molecular complexity index is 302. The average molecular weight is 239 g/mol. The lowest BCUT2D eigenvalue weighted by Crippen LogP contribution is -1.99. The van der Waals surface area contributed by atoms with E-state index in [2.05, 4.69) is 6.07 Å². The van der Waals surface area contributed by atoms with E-state index in [4.69, 9.17) is 9.47 Å². The molecule has 3 heteroatoms. The zero-order chi connectivity index (χ0) is 12.3. The molecule has 0 amide bonds. The van der Waals surface area contributed by atoms with Gasteiger partial charge in [-0.1, -0.05) is 18.6 Å². The van der Waals surface area contributed by atoms with Crippen LogP contribution in [0.3, 0.4) is 0 Å². The lowest BCUT2D eigenvalue weighted by Gasteiger charge is -2.06. The van der Waals surface area contributed by atoms with E-state index in [1.165, 1.54) is 6.07 Å². The molecule has 0 aliphatic rings. The van der Waals surface area contributed by atoms with Crippen molar-refractivity contribution in [1.82, 2.24) is 0 Å². The zero-order valence-electron chi connectivity index (χ0n) is 10.4. The molecule has 0 heterocycles. The van der Waals surface area contributed by atoms with Gasteiger partial charge in [0.15, 0.2) is 11.6 Å². The van der Waals surface area contributed by atoms with Crippen molar-refractivity contribution >= 4 is 0 Å². The van der Waals surface area contributed by atoms with Gasteiger partial charge < -0.3 is 9.47 Å². The minimum atomic E-state index is -0.413. The topological polar surface area (TPSA) is 18.5 Å². The first-order chi connectivity index (χ1) is 8.34. The third kappa shape index (κ3) is 6.27. The minimum absolute atomic E-state index is 0.293. The minimum Gasteiger partial charge on any atom is -0.490 e. The van der Waals surface area contributed by atoms with Crippen LogP contribution in [-0.4, -0.2) is 19.8 Å². The average Bonchev–Trinajstić information content (AvgIpc) is 2.35. The van der Waals surface area contributed by atoms with Gasteiger partial charge >= 0.3 is 0 Å². The molecule has 0 fully saturated rings. The van der Waals surface area contributed by atoms with Crippen LogP contribution in [0.2, 0.25) is 0 Å². The second-order valence-electron chi connectivity index (χ2n) is 3.81. The summed E-state index contributed by atoms with van der Waals surface area (Å²) in [7, 11) is 0. The highest BCUT2D eigenvalue weighted by Gasteiger charge is 2.00. The van der Waals surface area contributed by atoms with Gasteiger partial charge in [0.1, 0.15) is 0 Å². The van der Waals surface area contributed by atoms with E-state index in [0.717, 1.165) is 38.9 Å². The van der Waals surface area contributed by atoms with Crippen LogP contribution in [0, 0.1) is 11.9 Å². The van der Waals surface area contributed by atoms with E-state index < -0.39 is 5.82 Å². The van der Waals surface area contributed by atoms with E-state index in [9.17, 15) is 4.39 Å². The maximum Gasteiger partial charge on any atom is 0.172 e. The zero-order valence-corrected chi connectivity index (χ0v) is 10.4. The Morgan fingerprint density at radius 2 is 1.94 bits per heavy atom. The fourth-order valence-electron chi connectivity index (χ4n) is 1.50. The molecular formula is C14H20FO2. The lowest BCUT2D eigenvalue weighted by molar-refractivity contribution is 0.142. The Labute approximate surface area is 103 Å². The first-order valence-electron chi connectivity index (χ1n) is 6.21. The molecule has 95 valence electrons. The van der Waals surface area contributed by atoms with Gasteiger partial charge in [0.05, 0.1) is 6.61 Å². The van der Waals surface area contributed by atoms with Crippen LogP contribution in [0.1, 0.15) is 32.6 Å². The largest absolute Gasteiger partial charge is 0.490 e. The molecule has 1 radical (unpaired) electrons. The van der Waals surface area contributed by atoms with Crippen molar-refractivity contribution in [1.29, 1.82) is 0 Å². The van der Waals surface area contributed by atoms with Gasteiger partial charge in [0.2, 0.25) is 0 Å². The van der Waals surface area contributed by atoms with Gasteiger partial charge in [-0.25, -0.2) is 4.39 Å². The molecule has 2 nitrogen and oxygen atoms in total. The molecule has 0 aliphatic carbocycles. The molecule has 1 aromatic rings. The molecule has 0 aromatic heterocycles. The molecule has 0 bridgehead atoms. The monoisotopic (exact) mass is 239 g/mol. The van der Waals surface area contributed by atoms with Crippen molar-refractivity contribution in [3.05, 3.63) is 30.1 Å². The summed E-state index contributed by atoms with van der Waals surface area (Å²) in [6.45, 7) is 4.18. The summed E-state index contributed by atoms with van der Waals surface area (Å²) in [5.41, 5.74) is 0. The molecule has 0 saturated carbocycles. The first-order valence-corrected chi connectivity index (χ1v) is 6.21. The first kappa shape index (κ1) is 14.0. The standard InChI is InChI=1S/C14H20FO2/c1-2-16-11-7-3-4-8-12-17-14-10-6-5-9-13(14)15/h5-6,10H,2-4,7-8,11-12H2,1H3. The van der Waals surface area contributed by atoms with Gasteiger partial charge in [0.25, 0.3) is 0 Å². The Hall–Kier alpha value is -1.09. The third-order valence-corrected chi connectivity index (χ3v) is 2.41. The molecular weight excluding hydrogens is 219 g/mol. The van der Waals surface area contributed by atoms with E-state index in [1.807, 2.05) is 6.92 Å². The quantitative estimate of drug-likeness (QED) is 0.613. The van der Waals surface area contributed by atoms with Gasteiger partial charge in [-0.15, -0.1) is 0 Å². The summed E-state index contributed by atoms with van der Waals surface area (Å²) >= 11 is 0. The Balaban J connectivity index is 1.99. The highest BCUT2D eigenvalue weighted by Crippen LogP contribution is 2.15. The van der Waals surface area contributed by atoms with Crippen LogP contribution in [0.5, 0.6) is 5.75 Å². The van der Waals surface area contributed by atoms with E-state index in [1.54, 1.807) is 12.1 Å². The molecule has 0 aliphatic heterocycles. The fraction of sp³-hybridized carbons (Fsp3) is 0.571. The summed E-state index contributed by atoms with van der Waals surface area (Å²) < 4.78 is 23.7. The van der Waals surface area contributed by atoms with Crippen LogP contribution in [0.15, 0.2) is 18.2 Å². The molecule has 0 N–H and O–H groups in total. The maximum absolute atomic E-state index is 13.1. The lowest BCUT2D eigenvalue weighted by atomic mass is 10.2. The van der Waals surface area contributed by atoms with E-state index in [0.29, 0.717) is 12.4 Å². The van der Waals surface area contributed by atoms with Crippen molar-refractivity contribution < 1.29 is 13.9 Å². The number of unbranched alkanes of at least 4 members (excludes halogenated alkanes) is 3. The normalized spacial score (nSPS) is 10.5. The number of halogens is 1. The second kappa shape index (κ2) is 8.99. The van der Waals surface area contributed by atoms with Gasteiger partial charge in [-0.05, 0) is 32.3 Å². The Morgan fingerprint density at radius 1 is 1.18 bits per heavy atom. The van der Waals surface area contributed by atoms with Crippen LogP contribution in [-0.2, 0) is 4.74 Å². The highest BCUT2D eigenvalue weighted by molar-refractivity contribution is 5.22. The summed E-state index contributed by atoms with van der Waals surface area (Å²) in [6, 6.07) is 7.35. The summed E-state index contributed by atoms with van der Waals surface area (Å²) in [6.07, 6.45) is 4.25. The van der Waals surface area contributed by atoms with Crippen molar-refractivity contribution in [3.8, 4) is 5.75 Å². The van der Waals surface area contributed by atoms with Crippen LogP contribution in [0.4, 0.5) is 4.39 Å². The Kier molecular flexibility index (Phi) is 7.39. The Morgan fingerprint density at radius 3 is 2.65 bits per heavy atom. The molecule has 17 heavy (non-hydrogen) atoms. The molecule has 0 unspecified atom stereocenters. The van der Waals surface area contributed by atoms with Crippen LogP contribution >= 0.6 is 0 Å². The molecule has 1 rings (SSSR count). The SMILES string of the molecule is CCOCCCCCCOc1ccc[c]c1F. The third-order valence-electron chi connectivity index (χ3n) is 2.41. The molecule has 0 spiro atoms.